The Kier molecular flexibility index (Phi) is 8.38. The highest BCUT2D eigenvalue weighted by Gasteiger charge is 2.24. The first-order valence-electron chi connectivity index (χ1n) is 11.8. The van der Waals surface area contributed by atoms with E-state index in [0.717, 1.165) is 17.7 Å². The van der Waals surface area contributed by atoms with E-state index in [1.807, 2.05) is 49.4 Å². The van der Waals surface area contributed by atoms with Gasteiger partial charge in [0.1, 0.15) is 17.4 Å². The van der Waals surface area contributed by atoms with Gasteiger partial charge in [-0.15, -0.1) is 0 Å². The van der Waals surface area contributed by atoms with Crippen molar-refractivity contribution in [1.82, 2.24) is 5.32 Å². The predicted molar refractivity (Wildman–Crippen MR) is 138 cm³/mol. The number of nitrogens with one attached hydrogen (secondary N) is 1. The van der Waals surface area contributed by atoms with Gasteiger partial charge in [0.15, 0.2) is 0 Å². The van der Waals surface area contributed by atoms with Crippen LogP contribution in [-0.2, 0) is 9.53 Å². The zero-order chi connectivity index (χ0) is 26.2. The smallest absolute Gasteiger partial charge is 0.336 e. The van der Waals surface area contributed by atoms with Gasteiger partial charge in [0.05, 0.1) is 17.7 Å². The molecule has 0 radical (unpaired) electrons. The number of carbonyl (C=O) groups excluding carboxylic acids is 2. The van der Waals surface area contributed by atoms with E-state index in [1.54, 1.807) is 18.2 Å². The standard InChI is InChI=1S/C30H25F2NO4/c1-2-36-28-11-7-6-10-26(28)33-30(35)24-18-21(23-15-14-22(31)19-25(23)32)13-16-27(24)37-29(34)17-12-20-8-4-3-5-9-20/h3-19,26,28H,2H2,1H3,(H,33,35)/b17-12+. The van der Waals surface area contributed by atoms with Crippen molar-refractivity contribution >= 4 is 18.0 Å². The highest BCUT2D eigenvalue weighted by molar-refractivity contribution is 6.00. The summed E-state index contributed by atoms with van der Waals surface area (Å²) in [6.07, 6.45) is 9.70. The Morgan fingerprint density at radius 2 is 1.76 bits per heavy atom. The zero-order valence-electron chi connectivity index (χ0n) is 20.1. The molecule has 0 saturated heterocycles. The van der Waals surface area contributed by atoms with Gasteiger partial charge in [-0.2, -0.15) is 0 Å². The third-order valence-electron chi connectivity index (χ3n) is 5.63. The van der Waals surface area contributed by atoms with Gasteiger partial charge in [-0.1, -0.05) is 60.7 Å². The quantitative estimate of drug-likeness (QED) is 0.238. The average Bonchev–Trinajstić information content (AvgIpc) is 2.90. The number of allylic oxidation sites excluding steroid dienone is 2. The first kappa shape index (κ1) is 25.7. The van der Waals surface area contributed by atoms with E-state index in [0.29, 0.717) is 12.2 Å². The van der Waals surface area contributed by atoms with Gasteiger partial charge < -0.3 is 14.8 Å². The molecule has 2 atom stereocenters. The molecule has 1 amide bonds. The molecule has 2 unspecified atom stereocenters. The van der Waals surface area contributed by atoms with Gasteiger partial charge in [-0.05, 0) is 48.4 Å². The van der Waals surface area contributed by atoms with Crippen molar-refractivity contribution in [3.8, 4) is 16.9 Å². The summed E-state index contributed by atoms with van der Waals surface area (Å²) in [5.41, 5.74) is 1.24. The average molecular weight is 502 g/mol. The summed E-state index contributed by atoms with van der Waals surface area (Å²) in [7, 11) is 0. The Balaban J connectivity index is 1.64. The summed E-state index contributed by atoms with van der Waals surface area (Å²) in [5.74, 6) is -2.73. The second-order valence-corrected chi connectivity index (χ2v) is 8.19. The van der Waals surface area contributed by atoms with Crippen LogP contribution in [0.15, 0.2) is 97.1 Å². The number of carbonyl (C=O) groups is 2. The molecule has 0 bridgehead atoms. The van der Waals surface area contributed by atoms with E-state index in [4.69, 9.17) is 9.47 Å². The molecule has 0 fully saturated rings. The normalized spacial score (nSPS) is 16.6. The second-order valence-electron chi connectivity index (χ2n) is 8.19. The molecule has 3 aromatic carbocycles. The summed E-state index contributed by atoms with van der Waals surface area (Å²) in [6, 6.07) is 16.2. The van der Waals surface area contributed by atoms with Gasteiger partial charge >= 0.3 is 5.97 Å². The Morgan fingerprint density at radius 1 is 0.973 bits per heavy atom. The van der Waals surface area contributed by atoms with Crippen LogP contribution in [0.5, 0.6) is 5.75 Å². The van der Waals surface area contributed by atoms with Crippen LogP contribution in [0.1, 0.15) is 22.8 Å². The van der Waals surface area contributed by atoms with Crippen molar-refractivity contribution in [2.75, 3.05) is 6.61 Å². The Bertz CT molecular complexity index is 1370. The SMILES string of the molecule is CCOC1C=CC=CC1NC(=O)c1cc(-c2ccc(F)cc2F)ccc1OC(=O)/C=C/c1ccccc1. The van der Waals surface area contributed by atoms with Gasteiger partial charge in [0, 0.05) is 24.3 Å². The highest BCUT2D eigenvalue weighted by atomic mass is 19.1. The number of benzene rings is 3. The maximum atomic E-state index is 14.5. The van der Waals surface area contributed by atoms with Crippen molar-refractivity contribution in [3.63, 3.8) is 0 Å². The molecule has 188 valence electrons. The van der Waals surface area contributed by atoms with E-state index in [2.05, 4.69) is 5.32 Å². The maximum Gasteiger partial charge on any atom is 0.336 e. The Morgan fingerprint density at radius 3 is 2.51 bits per heavy atom. The van der Waals surface area contributed by atoms with E-state index in [9.17, 15) is 18.4 Å². The summed E-state index contributed by atoms with van der Waals surface area (Å²) < 4.78 is 39.1. The van der Waals surface area contributed by atoms with Crippen LogP contribution >= 0.6 is 0 Å². The van der Waals surface area contributed by atoms with Gasteiger partial charge in [-0.3, -0.25) is 4.79 Å². The first-order chi connectivity index (χ1) is 17.9. The Labute approximate surface area is 213 Å². The fraction of sp³-hybridized carbons (Fsp3) is 0.133. The maximum absolute atomic E-state index is 14.5. The molecule has 1 aliphatic carbocycles. The van der Waals surface area contributed by atoms with E-state index in [1.165, 1.54) is 30.3 Å². The number of rotatable bonds is 8. The molecule has 1 N–H and O–H groups in total. The number of amides is 1. The molecule has 4 rings (SSSR count). The highest BCUT2D eigenvalue weighted by Crippen LogP contribution is 2.29. The molecule has 3 aromatic rings. The van der Waals surface area contributed by atoms with Crippen LogP contribution in [0.25, 0.3) is 17.2 Å². The molecule has 7 heteroatoms. The summed E-state index contributed by atoms with van der Waals surface area (Å²) in [5, 5.41) is 2.88. The first-order valence-corrected chi connectivity index (χ1v) is 11.8. The molecule has 37 heavy (non-hydrogen) atoms. The largest absolute Gasteiger partial charge is 0.423 e. The number of hydrogen-bond donors (Lipinski definition) is 1. The molecule has 0 heterocycles. The Hall–Kier alpha value is -4.36. The van der Waals surface area contributed by atoms with Gasteiger partial charge in [0.25, 0.3) is 5.91 Å². The summed E-state index contributed by atoms with van der Waals surface area (Å²) >= 11 is 0. The van der Waals surface area contributed by atoms with Crippen LogP contribution in [0.4, 0.5) is 8.78 Å². The molecule has 0 aliphatic heterocycles. The number of ether oxygens (including phenoxy) is 2. The third kappa shape index (κ3) is 6.65. The minimum Gasteiger partial charge on any atom is -0.423 e. The molecule has 0 spiro atoms. The minimum atomic E-state index is -0.779. The zero-order valence-corrected chi connectivity index (χ0v) is 20.1. The molecular weight excluding hydrogens is 476 g/mol. The lowest BCUT2D eigenvalue weighted by atomic mass is 10.00. The number of hydrogen-bond acceptors (Lipinski definition) is 4. The second kappa shape index (κ2) is 12.1. The van der Waals surface area contributed by atoms with E-state index in [-0.39, 0.29) is 23.0 Å². The monoisotopic (exact) mass is 501 g/mol. The third-order valence-corrected chi connectivity index (χ3v) is 5.63. The topological polar surface area (TPSA) is 64.6 Å². The van der Waals surface area contributed by atoms with E-state index >= 15 is 0 Å². The van der Waals surface area contributed by atoms with Crippen LogP contribution in [0.3, 0.4) is 0 Å². The summed E-state index contributed by atoms with van der Waals surface area (Å²) in [6.45, 7) is 2.30. The minimum absolute atomic E-state index is 0.00484. The van der Waals surface area contributed by atoms with Crippen LogP contribution in [0, 0.1) is 11.6 Å². The van der Waals surface area contributed by atoms with Crippen LogP contribution in [-0.4, -0.2) is 30.6 Å². The lowest BCUT2D eigenvalue weighted by molar-refractivity contribution is -0.128. The fourth-order valence-corrected chi connectivity index (χ4v) is 3.86. The van der Waals surface area contributed by atoms with Gasteiger partial charge in [0.2, 0.25) is 0 Å². The van der Waals surface area contributed by atoms with Crippen molar-refractivity contribution < 1.29 is 27.8 Å². The summed E-state index contributed by atoms with van der Waals surface area (Å²) in [4.78, 5) is 25.9. The molecular formula is C30H25F2NO4. The predicted octanol–water partition coefficient (Wildman–Crippen LogP) is 5.88. The van der Waals surface area contributed by atoms with Crippen molar-refractivity contribution in [2.24, 2.45) is 0 Å². The molecule has 0 saturated carbocycles. The molecule has 5 nitrogen and oxygen atoms in total. The van der Waals surface area contributed by atoms with Crippen LogP contribution < -0.4 is 10.1 Å². The van der Waals surface area contributed by atoms with Crippen molar-refractivity contribution in [2.45, 2.75) is 19.1 Å². The lowest BCUT2D eigenvalue weighted by Crippen LogP contribution is -2.43. The van der Waals surface area contributed by atoms with Crippen molar-refractivity contribution in [3.05, 3.63) is 120 Å². The molecule has 1 aliphatic rings. The van der Waals surface area contributed by atoms with Crippen molar-refractivity contribution in [1.29, 1.82) is 0 Å². The van der Waals surface area contributed by atoms with Crippen LogP contribution in [0.2, 0.25) is 0 Å². The lowest BCUT2D eigenvalue weighted by Gasteiger charge is -2.25. The number of esters is 1. The van der Waals surface area contributed by atoms with Gasteiger partial charge in [-0.25, -0.2) is 13.6 Å². The van der Waals surface area contributed by atoms with E-state index < -0.39 is 29.6 Å². The molecule has 0 aromatic heterocycles. The fourth-order valence-electron chi connectivity index (χ4n) is 3.86. The number of halogens is 2.